The van der Waals surface area contributed by atoms with Crippen LogP contribution in [0.5, 0.6) is 0 Å². The largest absolute Gasteiger partial charge is 0.310 e. The Hall–Kier alpha value is -0.970. The van der Waals surface area contributed by atoms with Crippen molar-refractivity contribution in [2.75, 3.05) is 20.1 Å². The number of nitrogens with one attached hydrogen (secondary N) is 1. The first-order chi connectivity index (χ1) is 10.1. The van der Waals surface area contributed by atoms with E-state index in [2.05, 4.69) is 60.5 Å². The molecule has 0 bridgehead atoms. The van der Waals surface area contributed by atoms with Crippen LogP contribution in [0, 0.1) is 0 Å². The molecule has 0 saturated carbocycles. The topological polar surface area (TPSA) is 28.2 Å². The molecule has 2 heterocycles. The van der Waals surface area contributed by atoms with E-state index in [9.17, 15) is 0 Å². The molecule has 1 unspecified atom stereocenters. The van der Waals surface area contributed by atoms with Gasteiger partial charge < -0.3 is 10.2 Å². The molecule has 1 N–H and O–H groups in total. The summed E-state index contributed by atoms with van der Waals surface area (Å²) in [5.74, 6) is 0. The second-order valence-electron chi connectivity index (χ2n) is 6.03. The smallest absolute Gasteiger partial charge is 0.0809 e. The van der Waals surface area contributed by atoms with Crippen LogP contribution in [0.25, 0.3) is 10.2 Å². The van der Waals surface area contributed by atoms with E-state index >= 15 is 0 Å². The van der Waals surface area contributed by atoms with Crippen molar-refractivity contribution < 1.29 is 0 Å². The lowest BCUT2D eigenvalue weighted by molar-refractivity contribution is 0.267. The third-order valence-corrected chi connectivity index (χ3v) is 4.95. The minimum atomic E-state index is 0.367. The average Bonchev–Trinajstić information content (AvgIpc) is 2.93. The molecule has 0 aliphatic rings. The van der Waals surface area contributed by atoms with Crippen LogP contribution in [0.2, 0.25) is 0 Å². The number of thiophene rings is 1. The average molecular weight is 305 g/mol. The number of pyridine rings is 1. The number of aromatic nitrogens is 1. The molecule has 0 fully saturated rings. The van der Waals surface area contributed by atoms with Gasteiger partial charge in [-0.05, 0) is 76.8 Å². The van der Waals surface area contributed by atoms with Gasteiger partial charge in [-0.3, -0.25) is 4.98 Å². The van der Waals surface area contributed by atoms with Gasteiger partial charge in [-0.1, -0.05) is 0 Å². The van der Waals surface area contributed by atoms with Gasteiger partial charge in [-0.15, -0.1) is 11.3 Å². The van der Waals surface area contributed by atoms with Gasteiger partial charge in [0.1, 0.15) is 0 Å². The molecule has 0 aliphatic carbocycles. The zero-order valence-corrected chi connectivity index (χ0v) is 14.4. The van der Waals surface area contributed by atoms with Crippen LogP contribution >= 0.6 is 11.3 Å². The first-order valence-corrected chi connectivity index (χ1v) is 8.72. The van der Waals surface area contributed by atoms with Crippen LogP contribution < -0.4 is 5.32 Å². The van der Waals surface area contributed by atoms with Crippen molar-refractivity contribution in [2.24, 2.45) is 0 Å². The molecule has 2 aromatic rings. The molecule has 1 atom stereocenters. The molecule has 0 aliphatic heterocycles. The highest BCUT2D eigenvalue weighted by atomic mass is 32.1. The predicted molar refractivity (Wildman–Crippen MR) is 93.0 cm³/mol. The molecule has 21 heavy (non-hydrogen) atoms. The minimum absolute atomic E-state index is 0.367. The standard InChI is InChI=1S/C17H27N3S/c1-13(2)20(4)9-6-5-8-18-14(3)15-11-17-16(19-12-15)7-10-21-17/h7,10-14,18H,5-6,8-9H2,1-4H3. The van der Waals surface area contributed by atoms with Crippen molar-refractivity contribution in [3.63, 3.8) is 0 Å². The Bertz CT molecular complexity index is 550. The molecule has 3 nitrogen and oxygen atoms in total. The summed E-state index contributed by atoms with van der Waals surface area (Å²) < 4.78 is 1.28. The van der Waals surface area contributed by atoms with Gasteiger partial charge in [-0.25, -0.2) is 0 Å². The minimum Gasteiger partial charge on any atom is -0.310 e. The Morgan fingerprint density at radius 3 is 2.86 bits per heavy atom. The lowest BCUT2D eigenvalue weighted by Crippen LogP contribution is -2.28. The van der Waals surface area contributed by atoms with Gasteiger partial charge in [0.2, 0.25) is 0 Å². The normalized spacial score (nSPS) is 13.4. The fraction of sp³-hybridized carbons (Fsp3) is 0.588. The highest BCUT2D eigenvalue weighted by Gasteiger charge is 2.07. The third-order valence-electron chi connectivity index (χ3n) is 4.09. The van der Waals surface area contributed by atoms with E-state index in [1.54, 1.807) is 11.3 Å². The first kappa shape index (κ1) is 16.4. The summed E-state index contributed by atoms with van der Waals surface area (Å²) in [4.78, 5) is 6.91. The van der Waals surface area contributed by atoms with E-state index in [0.29, 0.717) is 12.1 Å². The number of rotatable bonds is 8. The summed E-state index contributed by atoms with van der Waals surface area (Å²) in [6, 6.07) is 5.34. The van der Waals surface area contributed by atoms with Crippen LogP contribution in [0.15, 0.2) is 23.7 Å². The van der Waals surface area contributed by atoms with Crippen LogP contribution in [0.4, 0.5) is 0 Å². The van der Waals surface area contributed by atoms with Crippen molar-refractivity contribution in [1.82, 2.24) is 15.2 Å². The predicted octanol–water partition coefficient (Wildman–Crippen LogP) is 4.07. The quantitative estimate of drug-likeness (QED) is 0.745. The van der Waals surface area contributed by atoms with Crippen molar-refractivity contribution in [3.8, 4) is 0 Å². The van der Waals surface area contributed by atoms with Crippen LogP contribution in [0.3, 0.4) is 0 Å². The summed E-state index contributed by atoms with van der Waals surface area (Å²) in [6.45, 7) is 8.95. The van der Waals surface area contributed by atoms with Gasteiger partial charge >= 0.3 is 0 Å². The van der Waals surface area contributed by atoms with Gasteiger partial charge in [0.15, 0.2) is 0 Å². The molecular weight excluding hydrogens is 278 g/mol. The Morgan fingerprint density at radius 2 is 2.10 bits per heavy atom. The number of unbranched alkanes of at least 4 members (excludes halogenated alkanes) is 1. The van der Waals surface area contributed by atoms with Crippen molar-refractivity contribution in [3.05, 3.63) is 29.3 Å². The number of hydrogen-bond acceptors (Lipinski definition) is 4. The Labute approximate surface area is 132 Å². The fourth-order valence-electron chi connectivity index (χ4n) is 2.28. The molecule has 0 radical (unpaired) electrons. The highest BCUT2D eigenvalue weighted by molar-refractivity contribution is 7.17. The lowest BCUT2D eigenvalue weighted by Gasteiger charge is -2.21. The Balaban J connectivity index is 1.73. The number of fused-ring (bicyclic) bond motifs is 1. The van der Waals surface area contributed by atoms with E-state index in [1.165, 1.54) is 29.6 Å². The molecule has 0 saturated heterocycles. The second-order valence-corrected chi connectivity index (χ2v) is 6.98. The van der Waals surface area contributed by atoms with Crippen LogP contribution in [0.1, 0.15) is 45.2 Å². The zero-order valence-electron chi connectivity index (χ0n) is 13.6. The second kappa shape index (κ2) is 7.87. The first-order valence-electron chi connectivity index (χ1n) is 7.84. The Kier molecular flexibility index (Phi) is 6.15. The molecule has 2 rings (SSSR count). The van der Waals surface area contributed by atoms with E-state index in [-0.39, 0.29) is 0 Å². The molecule has 4 heteroatoms. The maximum Gasteiger partial charge on any atom is 0.0809 e. The van der Waals surface area contributed by atoms with Gasteiger partial charge in [0.25, 0.3) is 0 Å². The SMILES string of the molecule is CC(NCCCCN(C)C(C)C)c1cnc2ccsc2c1. The van der Waals surface area contributed by atoms with Gasteiger partial charge in [0.05, 0.1) is 10.2 Å². The van der Waals surface area contributed by atoms with E-state index < -0.39 is 0 Å². The summed E-state index contributed by atoms with van der Waals surface area (Å²) in [6.07, 6.45) is 4.46. The summed E-state index contributed by atoms with van der Waals surface area (Å²) >= 11 is 1.76. The molecule has 0 spiro atoms. The van der Waals surface area contributed by atoms with E-state index in [0.717, 1.165) is 12.1 Å². The maximum atomic E-state index is 4.51. The molecular formula is C17H27N3S. The lowest BCUT2D eigenvalue weighted by atomic mass is 10.1. The van der Waals surface area contributed by atoms with Crippen molar-refractivity contribution in [2.45, 2.75) is 45.7 Å². The van der Waals surface area contributed by atoms with Crippen LogP contribution in [-0.2, 0) is 0 Å². The maximum absolute atomic E-state index is 4.51. The monoisotopic (exact) mass is 305 g/mol. The van der Waals surface area contributed by atoms with Crippen LogP contribution in [-0.4, -0.2) is 36.1 Å². The zero-order chi connectivity index (χ0) is 15.2. The molecule has 116 valence electrons. The van der Waals surface area contributed by atoms with E-state index in [4.69, 9.17) is 0 Å². The third kappa shape index (κ3) is 4.77. The summed E-state index contributed by atoms with van der Waals surface area (Å²) in [7, 11) is 2.20. The van der Waals surface area contributed by atoms with Crippen molar-refractivity contribution >= 4 is 21.6 Å². The molecule has 2 aromatic heterocycles. The molecule has 0 aromatic carbocycles. The fourth-order valence-corrected chi connectivity index (χ4v) is 3.07. The van der Waals surface area contributed by atoms with Gasteiger partial charge in [-0.2, -0.15) is 0 Å². The van der Waals surface area contributed by atoms with Gasteiger partial charge in [0, 0.05) is 18.3 Å². The number of hydrogen-bond donors (Lipinski definition) is 1. The molecule has 0 amide bonds. The highest BCUT2D eigenvalue weighted by Crippen LogP contribution is 2.22. The van der Waals surface area contributed by atoms with E-state index in [1.807, 2.05) is 6.20 Å². The summed E-state index contributed by atoms with van der Waals surface area (Å²) in [5, 5.41) is 5.71. The van der Waals surface area contributed by atoms with Crippen molar-refractivity contribution in [1.29, 1.82) is 0 Å². The summed E-state index contributed by atoms with van der Waals surface area (Å²) in [5.41, 5.74) is 2.39. The number of nitrogens with zero attached hydrogens (tertiary/aromatic N) is 2. The Morgan fingerprint density at radius 1 is 1.29 bits per heavy atom.